The van der Waals surface area contributed by atoms with Crippen LogP contribution < -0.4 is 16.0 Å². The fourth-order valence-electron chi connectivity index (χ4n) is 5.22. The normalized spacial score (nSPS) is 24.5. The van der Waals surface area contributed by atoms with Crippen LogP contribution >= 0.6 is 11.6 Å². The van der Waals surface area contributed by atoms with Gasteiger partial charge in [-0.25, -0.2) is 19.9 Å². The Hall–Kier alpha value is -2.87. The molecule has 2 aliphatic carbocycles. The third-order valence-electron chi connectivity index (χ3n) is 7.18. The van der Waals surface area contributed by atoms with E-state index in [-0.39, 0.29) is 17.9 Å². The number of halogens is 1. The standard InChI is InChI=1S/C24H27ClN6O2/c1-13-5-7-14(8-6-13)12-31-19-18(16-3-2-4-17(25)11-16)26-21(23-29-30-24(32)33-23)27-20(19)28-22(31)15-9-10-15/h2-4,11,13-15,22H,5-10,12H2,1H3,(H,30,32)(H,26,27,28)/t13-,14-,22?. The van der Waals surface area contributed by atoms with Crippen molar-refractivity contribution in [1.29, 1.82) is 0 Å². The Labute approximate surface area is 196 Å². The van der Waals surface area contributed by atoms with E-state index in [9.17, 15) is 4.79 Å². The lowest BCUT2D eigenvalue weighted by atomic mass is 9.82. The number of benzene rings is 1. The van der Waals surface area contributed by atoms with E-state index >= 15 is 0 Å². The Bertz CT molecular complexity index is 1230. The van der Waals surface area contributed by atoms with Crippen molar-refractivity contribution in [3.05, 3.63) is 39.8 Å². The zero-order valence-electron chi connectivity index (χ0n) is 18.6. The van der Waals surface area contributed by atoms with Crippen LogP contribution in [0.3, 0.4) is 0 Å². The average Bonchev–Trinajstić information content (AvgIpc) is 3.46. The van der Waals surface area contributed by atoms with Gasteiger partial charge in [-0.1, -0.05) is 43.5 Å². The zero-order valence-corrected chi connectivity index (χ0v) is 19.3. The molecule has 0 bridgehead atoms. The van der Waals surface area contributed by atoms with Gasteiger partial charge in [-0.3, -0.25) is 0 Å². The largest absolute Gasteiger partial charge is 0.434 e. The van der Waals surface area contributed by atoms with Gasteiger partial charge in [-0.05, 0) is 55.6 Å². The third kappa shape index (κ3) is 4.01. The smallest absolute Gasteiger partial charge is 0.384 e. The van der Waals surface area contributed by atoms with Crippen molar-refractivity contribution in [2.75, 3.05) is 16.8 Å². The Balaban J connectivity index is 1.46. The van der Waals surface area contributed by atoms with Crippen molar-refractivity contribution >= 4 is 23.1 Å². The van der Waals surface area contributed by atoms with Gasteiger partial charge in [0.1, 0.15) is 17.5 Å². The van der Waals surface area contributed by atoms with E-state index in [1.807, 2.05) is 24.3 Å². The van der Waals surface area contributed by atoms with Gasteiger partial charge >= 0.3 is 5.76 Å². The van der Waals surface area contributed by atoms with Crippen molar-refractivity contribution in [1.82, 2.24) is 20.2 Å². The number of anilines is 2. The van der Waals surface area contributed by atoms with Crippen LogP contribution in [0.4, 0.5) is 11.5 Å². The second kappa shape index (κ2) is 8.17. The summed E-state index contributed by atoms with van der Waals surface area (Å²) in [5, 5.41) is 10.6. The average molecular weight is 467 g/mol. The summed E-state index contributed by atoms with van der Waals surface area (Å²) in [5.74, 6) is 2.57. The van der Waals surface area contributed by atoms with E-state index in [4.69, 9.17) is 26.0 Å². The maximum atomic E-state index is 11.6. The lowest BCUT2D eigenvalue weighted by molar-refractivity contribution is 0.288. The minimum atomic E-state index is -0.629. The lowest BCUT2D eigenvalue weighted by Gasteiger charge is -2.34. The van der Waals surface area contributed by atoms with Crippen LogP contribution in [-0.4, -0.2) is 32.9 Å². The van der Waals surface area contributed by atoms with Gasteiger partial charge in [0.05, 0.1) is 0 Å². The van der Waals surface area contributed by atoms with Crippen molar-refractivity contribution in [3.8, 4) is 23.0 Å². The van der Waals surface area contributed by atoms with Gasteiger partial charge in [-0.15, -0.1) is 5.10 Å². The molecule has 1 aliphatic heterocycles. The summed E-state index contributed by atoms with van der Waals surface area (Å²) in [6, 6.07) is 7.70. The van der Waals surface area contributed by atoms with Crippen molar-refractivity contribution < 1.29 is 4.42 Å². The van der Waals surface area contributed by atoms with Crippen LogP contribution in [0.25, 0.3) is 23.0 Å². The SMILES string of the molecule is C[C@H]1CC[C@H](CN2c3c(nc(-c4n[nH]c(=O)o4)nc3-c3cccc(Cl)c3)NC2C2CC2)CC1. The first-order chi connectivity index (χ1) is 16.0. The highest BCUT2D eigenvalue weighted by molar-refractivity contribution is 6.30. The first kappa shape index (κ1) is 20.7. The molecule has 0 spiro atoms. The summed E-state index contributed by atoms with van der Waals surface area (Å²) in [6.45, 7) is 3.34. The van der Waals surface area contributed by atoms with E-state index in [1.165, 1.54) is 38.5 Å². The van der Waals surface area contributed by atoms with Crippen LogP contribution in [0.5, 0.6) is 0 Å². The van der Waals surface area contributed by atoms with Crippen LogP contribution in [0, 0.1) is 17.8 Å². The van der Waals surface area contributed by atoms with Crippen molar-refractivity contribution in [2.24, 2.45) is 17.8 Å². The highest BCUT2D eigenvalue weighted by Crippen LogP contribution is 2.48. The molecule has 2 fully saturated rings. The number of aromatic amines is 1. The molecule has 3 aliphatic rings. The number of nitrogens with one attached hydrogen (secondary N) is 2. The van der Waals surface area contributed by atoms with E-state index in [0.29, 0.717) is 16.9 Å². The molecule has 9 heteroatoms. The monoisotopic (exact) mass is 466 g/mol. The minimum Gasteiger partial charge on any atom is -0.384 e. The molecule has 8 nitrogen and oxygen atoms in total. The molecule has 0 radical (unpaired) electrons. The molecule has 2 saturated carbocycles. The van der Waals surface area contributed by atoms with Gasteiger partial charge in [0.25, 0.3) is 5.89 Å². The predicted molar refractivity (Wildman–Crippen MR) is 127 cm³/mol. The maximum absolute atomic E-state index is 11.6. The molecular weight excluding hydrogens is 440 g/mol. The van der Waals surface area contributed by atoms with E-state index in [2.05, 4.69) is 27.3 Å². The summed E-state index contributed by atoms with van der Waals surface area (Å²) in [7, 11) is 0. The van der Waals surface area contributed by atoms with E-state index in [1.54, 1.807) is 0 Å². The van der Waals surface area contributed by atoms with Gasteiger partial charge in [0.2, 0.25) is 5.82 Å². The molecule has 1 atom stereocenters. The summed E-state index contributed by atoms with van der Waals surface area (Å²) >= 11 is 6.35. The van der Waals surface area contributed by atoms with Crippen molar-refractivity contribution in [3.63, 3.8) is 0 Å². The number of fused-ring (bicyclic) bond motifs is 1. The summed E-state index contributed by atoms with van der Waals surface area (Å²) in [5.41, 5.74) is 2.69. The number of hydrogen-bond donors (Lipinski definition) is 2. The molecule has 0 saturated heterocycles. The fourth-order valence-corrected chi connectivity index (χ4v) is 5.41. The van der Waals surface area contributed by atoms with Crippen LogP contribution in [-0.2, 0) is 0 Å². The topological polar surface area (TPSA) is 99.9 Å². The zero-order chi connectivity index (χ0) is 22.5. The molecule has 33 heavy (non-hydrogen) atoms. The summed E-state index contributed by atoms with van der Waals surface area (Å²) in [4.78, 5) is 23.6. The fraction of sp³-hybridized carbons (Fsp3) is 0.500. The van der Waals surface area contributed by atoms with Gasteiger partial charge in [0, 0.05) is 17.1 Å². The molecule has 0 amide bonds. The molecule has 1 unspecified atom stereocenters. The Morgan fingerprint density at radius 3 is 2.67 bits per heavy atom. The molecule has 2 aromatic heterocycles. The third-order valence-corrected chi connectivity index (χ3v) is 7.41. The van der Waals surface area contributed by atoms with Crippen LogP contribution in [0.15, 0.2) is 33.5 Å². The molecule has 172 valence electrons. The van der Waals surface area contributed by atoms with Crippen LogP contribution in [0.2, 0.25) is 5.02 Å². The summed E-state index contributed by atoms with van der Waals surface area (Å²) < 4.78 is 5.17. The number of hydrogen-bond acceptors (Lipinski definition) is 7. The van der Waals surface area contributed by atoms with Gasteiger partial charge < -0.3 is 14.6 Å². The molecule has 1 aromatic carbocycles. The predicted octanol–water partition coefficient (Wildman–Crippen LogP) is 4.93. The van der Waals surface area contributed by atoms with E-state index < -0.39 is 5.76 Å². The molecular formula is C24H27ClN6O2. The Kier molecular flexibility index (Phi) is 5.13. The highest BCUT2D eigenvalue weighted by Gasteiger charge is 2.43. The van der Waals surface area contributed by atoms with E-state index in [0.717, 1.165) is 35.2 Å². The highest BCUT2D eigenvalue weighted by atomic mass is 35.5. The number of H-pyrrole nitrogens is 1. The minimum absolute atomic E-state index is 0.0792. The van der Waals surface area contributed by atoms with Crippen molar-refractivity contribution in [2.45, 2.75) is 51.6 Å². The van der Waals surface area contributed by atoms with Crippen LogP contribution in [0.1, 0.15) is 45.4 Å². The molecule has 2 N–H and O–H groups in total. The number of aromatic nitrogens is 4. The van der Waals surface area contributed by atoms with Gasteiger partial charge in [-0.2, -0.15) is 0 Å². The first-order valence-corrected chi connectivity index (χ1v) is 12.2. The second-order valence-corrected chi connectivity index (χ2v) is 10.2. The molecule has 6 rings (SSSR count). The molecule has 3 aromatic rings. The number of rotatable bonds is 5. The summed E-state index contributed by atoms with van der Waals surface area (Å²) in [6.07, 6.45) is 7.73. The quantitative estimate of drug-likeness (QED) is 0.549. The lowest BCUT2D eigenvalue weighted by Crippen LogP contribution is -2.41. The Morgan fingerprint density at radius 2 is 1.97 bits per heavy atom. The second-order valence-electron chi connectivity index (χ2n) is 9.73. The maximum Gasteiger partial charge on any atom is 0.434 e. The van der Waals surface area contributed by atoms with Gasteiger partial charge in [0.15, 0.2) is 5.82 Å². The number of nitrogens with zero attached hydrogens (tertiary/aromatic N) is 4. The first-order valence-electron chi connectivity index (χ1n) is 11.8. The molecule has 3 heterocycles. The Morgan fingerprint density at radius 1 is 1.15 bits per heavy atom.